The van der Waals surface area contributed by atoms with Gasteiger partial charge in [-0.15, -0.1) is 0 Å². The van der Waals surface area contributed by atoms with Gasteiger partial charge in [0.1, 0.15) is 5.56 Å². The summed E-state index contributed by atoms with van der Waals surface area (Å²) in [4.78, 5) is 13.0. The molecular formula is C11H12F3N3O. The van der Waals surface area contributed by atoms with E-state index in [1.807, 2.05) is 5.10 Å². The second-order valence-electron chi connectivity index (χ2n) is 4.87. The summed E-state index contributed by atoms with van der Waals surface area (Å²) < 4.78 is 38.7. The van der Waals surface area contributed by atoms with Gasteiger partial charge < -0.3 is 4.90 Å². The first-order valence-electron chi connectivity index (χ1n) is 5.90. The summed E-state index contributed by atoms with van der Waals surface area (Å²) in [5.74, 6) is 0.477. The van der Waals surface area contributed by atoms with Crippen LogP contribution < -0.4 is 10.5 Å². The number of nitrogens with zero attached hydrogens (tertiary/aromatic N) is 2. The Balaban J connectivity index is 2.02. The van der Waals surface area contributed by atoms with Crippen LogP contribution in [0.15, 0.2) is 11.0 Å². The van der Waals surface area contributed by atoms with Crippen molar-refractivity contribution in [3.63, 3.8) is 0 Å². The summed E-state index contributed by atoms with van der Waals surface area (Å²) in [6, 6.07) is 0.148. The molecule has 7 heteroatoms. The van der Waals surface area contributed by atoms with E-state index in [4.69, 9.17) is 0 Å². The lowest BCUT2D eigenvalue weighted by molar-refractivity contribution is -0.138. The Kier molecular flexibility index (Phi) is 2.39. The molecule has 1 N–H and O–H groups in total. The van der Waals surface area contributed by atoms with Crippen LogP contribution in [0.5, 0.6) is 0 Å². The highest BCUT2D eigenvalue weighted by Gasteiger charge is 2.46. The van der Waals surface area contributed by atoms with Crippen molar-refractivity contribution < 1.29 is 13.2 Å². The quantitative estimate of drug-likeness (QED) is 0.836. The van der Waals surface area contributed by atoms with Crippen LogP contribution >= 0.6 is 0 Å². The predicted octanol–water partition coefficient (Wildman–Crippen LogP) is 1.78. The van der Waals surface area contributed by atoms with E-state index in [2.05, 4.69) is 5.10 Å². The van der Waals surface area contributed by atoms with Crippen molar-refractivity contribution in [1.82, 2.24) is 10.2 Å². The van der Waals surface area contributed by atoms with Gasteiger partial charge in [0.05, 0.1) is 11.9 Å². The maximum absolute atomic E-state index is 12.9. The summed E-state index contributed by atoms with van der Waals surface area (Å²) in [6.45, 7) is 0.596. The lowest BCUT2D eigenvalue weighted by Crippen LogP contribution is -2.54. The van der Waals surface area contributed by atoms with Gasteiger partial charge in [0.2, 0.25) is 0 Å². The van der Waals surface area contributed by atoms with Crippen molar-refractivity contribution >= 4 is 5.69 Å². The number of aromatic nitrogens is 2. The summed E-state index contributed by atoms with van der Waals surface area (Å²) >= 11 is 0. The number of nitrogens with one attached hydrogen (secondary N) is 1. The molecule has 1 saturated carbocycles. The molecule has 1 aliphatic carbocycles. The molecule has 3 rings (SSSR count). The first kappa shape index (κ1) is 11.6. The summed E-state index contributed by atoms with van der Waals surface area (Å²) in [7, 11) is 0. The van der Waals surface area contributed by atoms with Crippen LogP contribution in [0.25, 0.3) is 0 Å². The molecule has 18 heavy (non-hydrogen) atoms. The molecule has 1 aliphatic heterocycles. The van der Waals surface area contributed by atoms with E-state index in [1.54, 1.807) is 4.90 Å². The van der Waals surface area contributed by atoms with Gasteiger partial charge in [-0.2, -0.15) is 18.3 Å². The van der Waals surface area contributed by atoms with Crippen molar-refractivity contribution in [2.24, 2.45) is 5.92 Å². The molecule has 0 unspecified atom stereocenters. The van der Waals surface area contributed by atoms with Gasteiger partial charge in [-0.1, -0.05) is 6.42 Å². The van der Waals surface area contributed by atoms with E-state index in [0.29, 0.717) is 12.5 Å². The van der Waals surface area contributed by atoms with Crippen LogP contribution in [0.3, 0.4) is 0 Å². The lowest BCUT2D eigenvalue weighted by Gasteiger charge is -2.46. The molecule has 98 valence electrons. The lowest BCUT2D eigenvalue weighted by atomic mass is 9.91. The van der Waals surface area contributed by atoms with Gasteiger partial charge in [-0.05, 0) is 18.8 Å². The standard InChI is InChI=1S/C11H12F3N3O/c12-11(13,14)9-8(4-15-16-10(9)18)17-5-6-2-1-3-7(6)17/h4,6-7H,1-3,5H2,(H,16,18)/t6-,7-/m0/s1. The van der Waals surface area contributed by atoms with Gasteiger partial charge in [-0.25, -0.2) is 5.10 Å². The molecule has 2 atom stereocenters. The molecule has 0 bridgehead atoms. The van der Waals surface area contributed by atoms with Crippen LogP contribution in [-0.4, -0.2) is 22.8 Å². The third kappa shape index (κ3) is 1.60. The second kappa shape index (κ2) is 3.73. The molecule has 0 radical (unpaired) electrons. The summed E-state index contributed by atoms with van der Waals surface area (Å²) in [5, 5.41) is 5.35. The van der Waals surface area contributed by atoms with E-state index in [1.165, 1.54) is 0 Å². The monoisotopic (exact) mass is 259 g/mol. The number of fused-ring (bicyclic) bond motifs is 1. The van der Waals surface area contributed by atoms with E-state index < -0.39 is 17.3 Å². The fourth-order valence-electron chi connectivity index (χ4n) is 3.05. The predicted molar refractivity (Wildman–Crippen MR) is 58.3 cm³/mol. The highest BCUT2D eigenvalue weighted by molar-refractivity contribution is 5.55. The van der Waals surface area contributed by atoms with E-state index in [-0.39, 0.29) is 11.7 Å². The number of rotatable bonds is 1. The second-order valence-corrected chi connectivity index (χ2v) is 4.87. The number of aromatic amines is 1. The first-order valence-corrected chi connectivity index (χ1v) is 5.90. The largest absolute Gasteiger partial charge is 0.423 e. The van der Waals surface area contributed by atoms with Crippen LogP contribution in [0, 0.1) is 5.92 Å². The molecule has 1 aromatic heterocycles. The molecule has 0 spiro atoms. The van der Waals surface area contributed by atoms with Gasteiger partial charge in [0, 0.05) is 12.6 Å². The first-order chi connectivity index (χ1) is 8.48. The number of hydrogen-bond acceptors (Lipinski definition) is 3. The highest BCUT2D eigenvalue weighted by Crippen LogP contribution is 2.44. The molecule has 0 aromatic carbocycles. The van der Waals surface area contributed by atoms with Crippen LogP contribution in [-0.2, 0) is 6.18 Å². The Bertz CT molecular complexity index is 525. The number of H-pyrrole nitrogens is 1. The topological polar surface area (TPSA) is 49.0 Å². The number of halogens is 3. The fourth-order valence-corrected chi connectivity index (χ4v) is 3.05. The van der Waals surface area contributed by atoms with E-state index in [9.17, 15) is 18.0 Å². The molecule has 2 aliphatic rings. The third-order valence-electron chi connectivity index (χ3n) is 3.88. The third-order valence-corrected chi connectivity index (χ3v) is 3.88. The Morgan fingerprint density at radius 3 is 2.83 bits per heavy atom. The minimum absolute atomic E-state index is 0.0746. The summed E-state index contributed by atoms with van der Waals surface area (Å²) in [6.07, 6.45) is -0.522. The number of hydrogen-bond donors (Lipinski definition) is 1. The highest BCUT2D eigenvalue weighted by atomic mass is 19.4. The summed E-state index contributed by atoms with van der Waals surface area (Å²) in [5.41, 5.74) is -2.36. The Hall–Kier alpha value is -1.53. The van der Waals surface area contributed by atoms with Crippen LogP contribution in [0.4, 0.5) is 18.9 Å². The molecular weight excluding hydrogens is 247 g/mol. The van der Waals surface area contributed by atoms with Gasteiger partial charge in [0.15, 0.2) is 0 Å². The van der Waals surface area contributed by atoms with Crippen molar-refractivity contribution in [3.05, 3.63) is 22.1 Å². The molecule has 0 amide bonds. The minimum atomic E-state index is -4.64. The van der Waals surface area contributed by atoms with Crippen LogP contribution in [0.2, 0.25) is 0 Å². The zero-order valence-corrected chi connectivity index (χ0v) is 9.50. The van der Waals surface area contributed by atoms with Gasteiger partial charge >= 0.3 is 6.18 Å². The normalized spacial score (nSPS) is 26.9. The maximum atomic E-state index is 12.9. The molecule has 4 nitrogen and oxygen atoms in total. The zero-order chi connectivity index (χ0) is 12.9. The average molecular weight is 259 g/mol. The molecule has 2 fully saturated rings. The Morgan fingerprint density at radius 1 is 1.39 bits per heavy atom. The average Bonchev–Trinajstić information content (AvgIpc) is 2.58. The van der Waals surface area contributed by atoms with Gasteiger partial charge in [0.25, 0.3) is 5.56 Å². The van der Waals surface area contributed by atoms with Crippen LogP contribution in [0.1, 0.15) is 24.8 Å². The number of anilines is 1. The van der Waals surface area contributed by atoms with Crippen molar-refractivity contribution in [2.45, 2.75) is 31.5 Å². The molecule has 1 saturated heterocycles. The molecule has 1 aromatic rings. The van der Waals surface area contributed by atoms with E-state index >= 15 is 0 Å². The smallest absolute Gasteiger partial charge is 0.366 e. The fraction of sp³-hybridized carbons (Fsp3) is 0.636. The van der Waals surface area contributed by atoms with Crippen molar-refractivity contribution in [2.75, 3.05) is 11.4 Å². The molecule has 2 heterocycles. The van der Waals surface area contributed by atoms with E-state index in [0.717, 1.165) is 25.5 Å². The zero-order valence-electron chi connectivity index (χ0n) is 9.50. The van der Waals surface area contributed by atoms with Crippen molar-refractivity contribution in [1.29, 1.82) is 0 Å². The van der Waals surface area contributed by atoms with Crippen molar-refractivity contribution in [3.8, 4) is 0 Å². The Labute approximate surface area is 101 Å². The Morgan fingerprint density at radius 2 is 2.17 bits per heavy atom. The minimum Gasteiger partial charge on any atom is -0.366 e. The van der Waals surface area contributed by atoms with Gasteiger partial charge in [-0.3, -0.25) is 4.79 Å². The SMILES string of the molecule is O=c1[nH]ncc(N2C[C@@H]3CCC[C@@H]32)c1C(F)(F)F. The number of alkyl halides is 3. The maximum Gasteiger partial charge on any atom is 0.423 e.